The van der Waals surface area contributed by atoms with Crippen LogP contribution in [-0.2, 0) is 52.0 Å². The molecule has 1 atom stereocenters. The first-order valence-electron chi connectivity index (χ1n) is 12.2. The molecule has 2 aromatic heterocycles. The van der Waals surface area contributed by atoms with E-state index in [1.165, 1.54) is 0 Å². The molecule has 0 fully saturated rings. The quantitative estimate of drug-likeness (QED) is 0.235. The van der Waals surface area contributed by atoms with Gasteiger partial charge in [0, 0.05) is 23.6 Å². The molecule has 5 rings (SSSR count). The number of hydrogen-bond acceptors (Lipinski definition) is 9. The van der Waals surface area contributed by atoms with Crippen molar-refractivity contribution < 1.29 is 33.3 Å². The van der Waals surface area contributed by atoms with Gasteiger partial charge in [0.1, 0.15) is 13.2 Å². The number of ether oxygens (including phenoxy) is 5. The zero-order valence-electron chi connectivity index (χ0n) is 20.8. The molecule has 0 saturated carbocycles. The largest absolute Gasteiger partial charge is 0.457 e. The predicted molar refractivity (Wildman–Crippen MR) is 132 cm³/mol. The number of carbonyl (C=O) groups is 2. The minimum absolute atomic E-state index is 0.0889. The van der Waals surface area contributed by atoms with Crippen LogP contribution in [0.5, 0.6) is 0 Å². The summed E-state index contributed by atoms with van der Waals surface area (Å²) in [6.45, 7) is 2.84. The second-order valence-electron chi connectivity index (χ2n) is 8.89. The number of fused-ring (bicyclic) bond motifs is 5. The maximum atomic E-state index is 13.5. The number of benzene rings is 1. The molecule has 0 N–H and O–H groups in total. The third kappa shape index (κ3) is 4.52. The van der Waals surface area contributed by atoms with Crippen LogP contribution in [0, 0.1) is 0 Å². The maximum Gasteiger partial charge on any atom is 0.355 e. The highest BCUT2D eigenvalue weighted by Crippen LogP contribution is 2.40. The molecule has 0 saturated heterocycles. The number of esters is 2. The summed E-state index contributed by atoms with van der Waals surface area (Å²) in [5.41, 5.74) is 1.55. The van der Waals surface area contributed by atoms with E-state index < -0.39 is 17.5 Å². The van der Waals surface area contributed by atoms with E-state index >= 15 is 0 Å². The topological polar surface area (TPSA) is 115 Å². The van der Waals surface area contributed by atoms with E-state index in [-0.39, 0.29) is 38.4 Å². The minimum atomic E-state index is -1.75. The molecular weight excluding hydrogens is 480 g/mol. The Kier molecular flexibility index (Phi) is 7.05. The van der Waals surface area contributed by atoms with Gasteiger partial charge in [-0.2, -0.15) is 0 Å². The van der Waals surface area contributed by atoms with Crippen molar-refractivity contribution in [2.75, 3.05) is 40.1 Å². The lowest BCUT2D eigenvalue weighted by Crippen LogP contribution is -2.48. The van der Waals surface area contributed by atoms with Crippen molar-refractivity contribution in [3.63, 3.8) is 0 Å². The Morgan fingerprint density at radius 1 is 1.11 bits per heavy atom. The molecule has 0 amide bonds. The number of hydrogen-bond donors (Lipinski definition) is 0. The fourth-order valence-corrected chi connectivity index (χ4v) is 4.82. The molecule has 0 unspecified atom stereocenters. The van der Waals surface area contributed by atoms with Crippen molar-refractivity contribution in [2.24, 2.45) is 0 Å². The van der Waals surface area contributed by atoms with Gasteiger partial charge in [-0.05, 0) is 24.6 Å². The normalized spacial score (nSPS) is 17.7. The van der Waals surface area contributed by atoms with Gasteiger partial charge < -0.3 is 28.3 Å². The zero-order valence-corrected chi connectivity index (χ0v) is 20.8. The Hall–Kier alpha value is -3.60. The molecule has 0 aliphatic carbocycles. The van der Waals surface area contributed by atoms with Crippen LogP contribution in [0.4, 0.5) is 0 Å². The van der Waals surface area contributed by atoms with Crippen molar-refractivity contribution in [1.29, 1.82) is 0 Å². The van der Waals surface area contributed by atoms with Gasteiger partial charge >= 0.3 is 11.9 Å². The Labute approximate surface area is 213 Å². The predicted octanol–water partition coefficient (Wildman–Crippen LogP) is 2.31. The van der Waals surface area contributed by atoms with E-state index in [2.05, 4.69) is 0 Å². The maximum absolute atomic E-state index is 13.5. The van der Waals surface area contributed by atoms with Crippen molar-refractivity contribution in [2.45, 2.75) is 32.1 Å². The Balaban J connectivity index is 1.44. The van der Waals surface area contributed by atoms with E-state index in [0.717, 1.165) is 16.5 Å². The molecule has 1 aromatic carbocycles. The third-order valence-electron chi connectivity index (χ3n) is 6.70. The highest BCUT2D eigenvalue weighted by Gasteiger charge is 2.50. The van der Waals surface area contributed by atoms with Crippen LogP contribution >= 0.6 is 0 Å². The van der Waals surface area contributed by atoms with E-state index in [1.807, 2.05) is 30.3 Å². The minimum Gasteiger partial charge on any atom is -0.457 e. The summed E-state index contributed by atoms with van der Waals surface area (Å²) < 4.78 is 28.2. The highest BCUT2D eigenvalue weighted by atomic mass is 16.6. The average Bonchev–Trinajstić information content (AvgIpc) is 3.26. The van der Waals surface area contributed by atoms with E-state index in [1.54, 1.807) is 24.7 Å². The lowest BCUT2D eigenvalue weighted by atomic mass is 9.85. The highest BCUT2D eigenvalue weighted by molar-refractivity contribution is 5.88. The number of nitrogens with zero attached hydrogens (tertiary/aromatic N) is 2. The van der Waals surface area contributed by atoms with Gasteiger partial charge in [0.2, 0.25) is 5.60 Å². The summed E-state index contributed by atoms with van der Waals surface area (Å²) in [6.07, 6.45) is 0.0889. The lowest BCUT2D eigenvalue weighted by molar-refractivity contribution is -0.192. The number of cyclic esters (lactones) is 1. The first-order chi connectivity index (χ1) is 18.0. The second-order valence-corrected chi connectivity index (χ2v) is 8.89. The summed E-state index contributed by atoms with van der Waals surface area (Å²) in [7, 11) is 1.58. The van der Waals surface area contributed by atoms with Gasteiger partial charge in [0.15, 0.2) is 0 Å². The molecular formula is C27H28N2O8. The number of para-hydroxylation sites is 1. The van der Waals surface area contributed by atoms with Gasteiger partial charge in [-0.3, -0.25) is 4.79 Å². The molecule has 10 heteroatoms. The molecule has 0 spiro atoms. The van der Waals surface area contributed by atoms with Gasteiger partial charge in [0.25, 0.3) is 5.56 Å². The van der Waals surface area contributed by atoms with Crippen molar-refractivity contribution in [1.82, 2.24) is 9.55 Å². The number of carbonyl (C=O) groups excluding carboxylic acids is 2. The van der Waals surface area contributed by atoms with Crippen molar-refractivity contribution in [3.8, 4) is 11.4 Å². The number of methoxy groups -OCH3 is 1. The summed E-state index contributed by atoms with van der Waals surface area (Å²) in [5.74, 6) is -1.46. The average molecular weight is 509 g/mol. The lowest BCUT2D eigenvalue weighted by Gasteiger charge is -2.35. The van der Waals surface area contributed by atoms with Crippen LogP contribution in [0.15, 0.2) is 41.2 Å². The Morgan fingerprint density at radius 2 is 1.89 bits per heavy atom. The summed E-state index contributed by atoms with van der Waals surface area (Å²) >= 11 is 0. The van der Waals surface area contributed by atoms with Crippen LogP contribution in [0.1, 0.15) is 30.0 Å². The Bertz CT molecular complexity index is 1420. The van der Waals surface area contributed by atoms with E-state index in [9.17, 15) is 14.4 Å². The fourth-order valence-electron chi connectivity index (χ4n) is 4.82. The molecule has 2 aliphatic rings. The number of rotatable bonds is 10. The molecule has 3 aromatic rings. The first-order valence-corrected chi connectivity index (χ1v) is 12.2. The van der Waals surface area contributed by atoms with Gasteiger partial charge in [-0.25, -0.2) is 14.6 Å². The van der Waals surface area contributed by atoms with Crippen LogP contribution in [0.2, 0.25) is 0 Å². The van der Waals surface area contributed by atoms with Crippen LogP contribution in [0.25, 0.3) is 22.3 Å². The molecule has 0 bridgehead atoms. The first kappa shape index (κ1) is 25.1. The van der Waals surface area contributed by atoms with Crippen molar-refractivity contribution in [3.05, 3.63) is 63.4 Å². The smallest absolute Gasteiger partial charge is 0.355 e. The third-order valence-corrected chi connectivity index (χ3v) is 6.70. The van der Waals surface area contributed by atoms with Crippen molar-refractivity contribution >= 4 is 22.8 Å². The van der Waals surface area contributed by atoms with Gasteiger partial charge in [0.05, 0.1) is 55.4 Å². The SMILES string of the molecule is CC[C@@]1(OC(=O)COCCOCCOC)C(=O)OCc2c1cc1n(c2=O)Cc2cc3ccccc3nc2-1. The van der Waals surface area contributed by atoms with Crippen LogP contribution in [-0.4, -0.2) is 61.6 Å². The second kappa shape index (κ2) is 10.4. The standard InChI is InChI=1S/C27H28N2O8/c1-3-27(37-23(30)16-35-11-10-34-9-8-33-2)20-13-22-24-18(12-17-6-4-5-7-21(17)28-24)14-29(22)25(31)19(20)15-36-26(27)32/h4-7,12-13H,3,8-11,14-16H2,1-2H3/t27-/m0/s1. The molecule has 194 valence electrons. The number of pyridine rings is 2. The fraction of sp³-hybridized carbons (Fsp3) is 0.407. The number of aromatic nitrogens is 2. The Morgan fingerprint density at radius 3 is 2.70 bits per heavy atom. The van der Waals surface area contributed by atoms with E-state index in [0.29, 0.717) is 42.3 Å². The molecule has 10 nitrogen and oxygen atoms in total. The molecule has 0 radical (unpaired) electrons. The summed E-state index contributed by atoms with van der Waals surface area (Å²) in [4.78, 5) is 44.1. The molecule has 37 heavy (non-hydrogen) atoms. The monoisotopic (exact) mass is 508 g/mol. The summed E-state index contributed by atoms with van der Waals surface area (Å²) in [6, 6.07) is 11.5. The zero-order chi connectivity index (χ0) is 26.0. The molecule has 2 aliphatic heterocycles. The van der Waals surface area contributed by atoms with Gasteiger partial charge in [-0.15, -0.1) is 0 Å². The van der Waals surface area contributed by atoms with E-state index in [4.69, 9.17) is 28.7 Å². The van der Waals surface area contributed by atoms with Gasteiger partial charge in [-0.1, -0.05) is 25.1 Å². The summed E-state index contributed by atoms with van der Waals surface area (Å²) in [5, 5.41) is 0.978. The molecule has 4 heterocycles. The van der Waals surface area contributed by atoms with Crippen LogP contribution < -0.4 is 5.56 Å². The van der Waals surface area contributed by atoms with Crippen LogP contribution in [0.3, 0.4) is 0 Å².